The van der Waals surface area contributed by atoms with Gasteiger partial charge in [0.05, 0.1) is 17.4 Å². The molecule has 0 unspecified atom stereocenters. The fourth-order valence-corrected chi connectivity index (χ4v) is 4.26. The Morgan fingerprint density at radius 1 is 1.45 bits per heavy atom. The van der Waals surface area contributed by atoms with Gasteiger partial charge in [-0.1, -0.05) is 32.4 Å². The Balaban J connectivity index is 1.98. The lowest BCUT2D eigenvalue weighted by molar-refractivity contribution is -0.0311. The minimum absolute atomic E-state index is 0.0380. The van der Waals surface area contributed by atoms with E-state index in [9.17, 15) is 9.90 Å². The highest BCUT2D eigenvalue weighted by Gasteiger charge is 2.62. The topological polar surface area (TPSA) is 56.7 Å². The molecule has 0 saturated carbocycles. The van der Waals surface area contributed by atoms with E-state index in [0.717, 1.165) is 18.7 Å². The zero-order valence-corrected chi connectivity index (χ0v) is 14.0. The molecule has 120 valence electrons. The molecule has 22 heavy (non-hydrogen) atoms. The second-order valence-corrected chi connectivity index (χ2v) is 7.70. The minimum Gasteiger partial charge on any atom is -0.465 e. The quantitative estimate of drug-likeness (QED) is 0.805. The fourth-order valence-electron chi connectivity index (χ4n) is 4.15. The Bertz CT molecular complexity index is 584. The SMILES string of the molecule is CC(C)(C)[C@@]12CN(C(=O)O)CC[C@@H]1CN2c1ccc(Cl)nc1. The van der Waals surface area contributed by atoms with Gasteiger partial charge in [-0.25, -0.2) is 9.78 Å². The highest BCUT2D eigenvalue weighted by atomic mass is 35.5. The van der Waals surface area contributed by atoms with Crippen molar-refractivity contribution in [1.82, 2.24) is 9.88 Å². The minimum atomic E-state index is -0.830. The Hall–Kier alpha value is -1.49. The van der Waals surface area contributed by atoms with Crippen molar-refractivity contribution in [3.8, 4) is 0 Å². The number of anilines is 1. The number of rotatable bonds is 1. The number of amides is 1. The summed E-state index contributed by atoms with van der Waals surface area (Å²) < 4.78 is 0. The molecule has 1 aromatic rings. The highest BCUT2D eigenvalue weighted by Crippen LogP contribution is 2.54. The van der Waals surface area contributed by atoms with Crippen molar-refractivity contribution in [2.45, 2.75) is 32.7 Å². The normalized spacial score (nSPS) is 28.1. The average molecular weight is 324 g/mol. The van der Waals surface area contributed by atoms with E-state index in [1.807, 2.05) is 6.07 Å². The Labute approximate surface area is 135 Å². The summed E-state index contributed by atoms with van der Waals surface area (Å²) in [7, 11) is 0. The van der Waals surface area contributed by atoms with Crippen LogP contribution in [0.1, 0.15) is 27.2 Å². The number of nitrogens with zero attached hydrogens (tertiary/aromatic N) is 3. The van der Waals surface area contributed by atoms with E-state index in [0.29, 0.717) is 24.2 Å². The van der Waals surface area contributed by atoms with Crippen LogP contribution in [0.3, 0.4) is 0 Å². The summed E-state index contributed by atoms with van der Waals surface area (Å²) in [5.41, 5.74) is 0.797. The van der Waals surface area contributed by atoms with Gasteiger partial charge >= 0.3 is 6.09 Å². The summed E-state index contributed by atoms with van der Waals surface area (Å²) in [4.78, 5) is 19.5. The van der Waals surface area contributed by atoms with Crippen molar-refractivity contribution in [3.63, 3.8) is 0 Å². The van der Waals surface area contributed by atoms with Gasteiger partial charge in [0, 0.05) is 25.6 Å². The Morgan fingerprint density at radius 3 is 2.73 bits per heavy atom. The molecule has 0 radical (unpaired) electrons. The number of hydrogen-bond donors (Lipinski definition) is 1. The van der Waals surface area contributed by atoms with Crippen LogP contribution in [0.4, 0.5) is 10.5 Å². The molecule has 3 rings (SSSR count). The molecule has 1 amide bonds. The maximum atomic E-state index is 11.5. The predicted octanol–water partition coefficient (Wildman–Crippen LogP) is 3.34. The van der Waals surface area contributed by atoms with Crippen molar-refractivity contribution in [2.75, 3.05) is 24.5 Å². The number of piperidine rings is 1. The van der Waals surface area contributed by atoms with Gasteiger partial charge in [-0.3, -0.25) is 0 Å². The first-order valence-electron chi connectivity index (χ1n) is 7.63. The van der Waals surface area contributed by atoms with Crippen LogP contribution in [-0.2, 0) is 0 Å². The second-order valence-electron chi connectivity index (χ2n) is 7.31. The van der Waals surface area contributed by atoms with E-state index in [1.54, 1.807) is 17.2 Å². The predicted molar refractivity (Wildman–Crippen MR) is 86.5 cm³/mol. The number of hydrogen-bond acceptors (Lipinski definition) is 3. The Morgan fingerprint density at radius 2 is 2.18 bits per heavy atom. The molecule has 0 aliphatic carbocycles. The summed E-state index contributed by atoms with van der Waals surface area (Å²) in [6.45, 7) is 8.71. The number of likely N-dealkylation sites (tertiary alicyclic amines) is 1. The number of carbonyl (C=O) groups is 1. The molecule has 0 bridgehead atoms. The highest BCUT2D eigenvalue weighted by molar-refractivity contribution is 6.29. The van der Waals surface area contributed by atoms with Gasteiger partial charge < -0.3 is 14.9 Å². The van der Waals surface area contributed by atoms with Gasteiger partial charge in [-0.05, 0) is 24.0 Å². The standard InChI is InChI=1S/C16H22ClN3O2/c1-15(2,3)16-10-19(14(21)22)7-6-11(16)9-20(16)12-4-5-13(17)18-8-12/h4-5,8,11H,6-7,9-10H2,1-3H3,(H,21,22)/t11-,16-/m1/s1. The first kappa shape index (κ1) is 15.4. The maximum absolute atomic E-state index is 11.5. The van der Waals surface area contributed by atoms with Crippen LogP contribution in [-0.4, -0.2) is 46.3 Å². The van der Waals surface area contributed by atoms with Crippen LogP contribution >= 0.6 is 11.6 Å². The van der Waals surface area contributed by atoms with E-state index in [2.05, 4.69) is 30.7 Å². The van der Waals surface area contributed by atoms with Crippen LogP contribution in [0.5, 0.6) is 0 Å². The van der Waals surface area contributed by atoms with Crippen LogP contribution < -0.4 is 4.90 Å². The number of halogens is 1. The molecule has 2 fully saturated rings. The third-order valence-electron chi connectivity index (χ3n) is 5.33. The Kier molecular flexibility index (Phi) is 3.51. The first-order valence-corrected chi connectivity index (χ1v) is 8.00. The lowest BCUT2D eigenvalue weighted by Crippen LogP contribution is -2.79. The molecule has 5 nitrogen and oxygen atoms in total. The number of aromatic nitrogens is 1. The van der Waals surface area contributed by atoms with E-state index in [-0.39, 0.29) is 11.0 Å². The summed E-state index contributed by atoms with van der Waals surface area (Å²) >= 11 is 5.89. The van der Waals surface area contributed by atoms with Gasteiger partial charge in [-0.15, -0.1) is 0 Å². The molecule has 0 aromatic carbocycles. The molecule has 2 atom stereocenters. The molecule has 3 heterocycles. The van der Waals surface area contributed by atoms with Crippen molar-refractivity contribution in [3.05, 3.63) is 23.5 Å². The monoisotopic (exact) mass is 323 g/mol. The number of carboxylic acid groups (broad SMARTS) is 1. The van der Waals surface area contributed by atoms with E-state index in [4.69, 9.17) is 11.6 Å². The zero-order valence-electron chi connectivity index (χ0n) is 13.2. The van der Waals surface area contributed by atoms with E-state index in [1.165, 1.54) is 0 Å². The van der Waals surface area contributed by atoms with Crippen LogP contribution in [0.25, 0.3) is 0 Å². The lowest BCUT2D eigenvalue weighted by atomic mass is 9.57. The van der Waals surface area contributed by atoms with Crippen molar-refractivity contribution in [2.24, 2.45) is 11.3 Å². The third kappa shape index (κ3) is 2.14. The maximum Gasteiger partial charge on any atom is 0.407 e. The first-order chi connectivity index (χ1) is 10.3. The molecule has 0 spiro atoms. The summed E-state index contributed by atoms with van der Waals surface area (Å²) in [6, 6.07) is 3.76. The number of pyridine rings is 1. The van der Waals surface area contributed by atoms with Crippen LogP contribution in [0.2, 0.25) is 5.15 Å². The van der Waals surface area contributed by atoms with Crippen molar-refractivity contribution >= 4 is 23.4 Å². The van der Waals surface area contributed by atoms with Crippen LogP contribution in [0, 0.1) is 11.3 Å². The summed E-state index contributed by atoms with van der Waals surface area (Å²) in [6.07, 6.45) is 1.87. The smallest absolute Gasteiger partial charge is 0.407 e. The molecular weight excluding hydrogens is 302 g/mol. The average Bonchev–Trinajstić information content (AvgIpc) is 2.40. The van der Waals surface area contributed by atoms with E-state index < -0.39 is 6.09 Å². The van der Waals surface area contributed by atoms with Gasteiger partial charge in [0.2, 0.25) is 0 Å². The molecule has 2 aliphatic heterocycles. The fraction of sp³-hybridized carbons (Fsp3) is 0.625. The molecular formula is C16H22ClN3O2. The van der Waals surface area contributed by atoms with Gasteiger partial charge in [-0.2, -0.15) is 0 Å². The molecule has 1 aromatic heterocycles. The largest absolute Gasteiger partial charge is 0.465 e. The zero-order chi connectivity index (χ0) is 16.1. The summed E-state index contributed by atoms with van der Waals surface area (Å²) in [5.74, 6) is 0.513. The second kappa shape index (κ2) is 5.01. The molecule has 2 saturated heterocycles. The van der Waals surface area contributed by atoms with Gasteiger partial charge in [0.15, 0.2) is 0 Å². The number of fused-ring (bicyclic) bond motifs is 1. The van der Waals surface area contributed by atoms with Gasteiger partial charge in [0.25, 0.3) is 0 Å². The van der Waals surface area contributed by atoms with Crippen molar-refractivity contribution in [1.29, 1.82) is 0 Å². The lowest BCUT2D eigenvalue weighted by Gasteiger charge is -2.68. The molecule has 1 N–H and O–H groups in total. The summed E-state index contributed by atoms with van der Waals surface area (Å²) in [5, 5.41) is 9.89. The van der Waals surface area contributed by atoms with Crippen molar-refractivity contribution < 1.29 is 9.90 Å². The van der Waals surface area contributed by atoms with Gasteiger partial charge in [0.1, 0.15) is 5.15 Å². The van der Waals surface area contributed by atoms with Crippen LogP contribution in [0.15, 0.2) is 18.3 Å². The molecule has 2 aliphatic rings. The van der Waals surface area contributed by atoms with E-state index >= 15 is 0 Å². The third-order valence-corrected chi connectivity index (χ3v) is 5.56. The molecule has 6 heteroatoms.